The molecule has 0 bridgehead atoms. The van der Waals surface area contributed by atoms with Gasteiger partial charge < -0.3 is 10.2 Å². The Balaban J connectivity index is 2.25. The van der Waals surface area contributed by atoms with Gasteiger partial charge in [-0.25, -0.2) is 0 Å². The van der Waals surface area contributed by atoms with Crippen LogP contribution in [0, 0.1) is 0 Å². The molecule has 6 heteroatoms. The molecule has 1 aliphatic rings. The lowest BCUT2D eigenvalue weighted by molar-refractivity contribution is -0.136. The third-order valence-electron chi connectivity index (χ3n) is 3.68. The van der Waals surface area contributed by atoms with Crippen molar-refractivity contribution in [3.8, 4) is 0 Å². The van der Waals surface area contributed by atoms with Crippen LogP contribution in [0.15, 0.2) is 24.4 Å². The molecule has 0 aliphatic carbocycles. The monoisotopic (exact) mass is 295 g/mol. The van der Waals surface area contributed by atoms with E-state index in [0.717, 1.165) is 17.4 Å². The van der Waals surface area contributed by atoms with Gasteiger partial charge in [0.05, 0.1) is 22.5 Å². The number of likely N-dealkylation sites (N-methyl/N-ethyl adjacent to an activating group) is 1. The number of alkyl halides is 3. The zero-order valence-corrected chi connectivity index (χ0v) is 12.0. The maximum atomic E-state index is 13.1. The van der Waals surface area contributed by atoms with Crippen molar-refractivity contribution in [2.24, 2.45) is 0 Å². The number of nitrogens with zero attached hydrogens (tertiary/aromatic N) is 2. The standard InChI is InChI=1S/C15H16F3N3/c1-14(2)8-21(3)13-6-9-10(15(16,17)18)4-5-19-11(9)7-12(13)20-14/h4-7,20H,8H2,1-3H3. The molecule has 1 aromatic carbocycles. The molecule has 2 aromatic rings. The van der Waals surface area contributed by atoms with Gasteiger partial charge in [-0.3, -0.25) is 4.98 Å². The Morgan fingerprint density at radius 1 is 1.29 bits per heavy atom. The van der Waals surface area contributed by atoms with Gasteiger partial charge in [-0.15, -0.1) is 0 Å². The molecule has 1 aliphatic heterocycles. The number of pyridine rings is 1. The number of hydrogen-bond donors (Lipinski definition) is 1. The average Bonchev–Trinajstić information content (AvgIpc) is 2.33. The van der Waals surface area contributed by atoms with E-state index in [0.29, 0.717) is 12.1 Å². The summed E-state index contributed by atoms with van der Waals surface area (Å²) in [5, 5.41) is 3.49. The van der Waals surface area contributed by atoms with Gasteiger partial charge in [-0.05, 0) is 32.0 Å². The molecule has 1 aromatic heterocycles. The maximum absolute atomic E-state index is 13.1. The van der Waals surface area contributed by atoms with Gasteiger partial charge in [-0.2, -0.15) is 13.2 Å². The molecule has 0 fully saturated rings. The molecule has 3 rings (SSSR count). The van der Waals surface area contributed by atoms with Gasteiger partial charge in [0.1, 0.15) is 0 Å². The fourth-order valence-corrected chi connectivity index (χ4v) is 2.93. The van der Waals surface area contributed by atoms with Gasteiger partial charge >= 0.3 is 6.18 Å². The molecule has 0 amide bonds. The first kappa shape index (κ1) is 14.0. The molecule has 0 spiro atoms. The Hall–Kier alpha value is -1.98. The molecule has 0 saturated heterocycles. The fourth-order valence-electron chi connectivity index (χ4n) is 2.93. The molecule has 0 atom stereocenters. The zero-order valence-electron chi connectivity index (χ0n) is 12.0. The number of hydrogen-bond acceptors (Lipinski definition) is 3. The lowest BCUT2D eigenvalue weighted by Crippen LogP contribution is -2.46. The summed E-state index contributed by atoms with van der Waals surface area (Å²) in [6, 6.07) is 4.29. The molecular formula is C15H16F3N3. The van der Waals surface area contributed by atoms with Crippen LogP contribution in [-0.2, 0) is 6.18 Å². The van der Waals surface area contributed by atoms with E-state index in [4.69, 9.17) is 0 Å². The van der Waals surface area contributed by atoms with E-state index in [2.05, 4.69) is 24.1 Å². The summed E-state index contributed by atoms with van der Waals surface area (Å²) >= 11 is 0. The van der Waals surface area contributed by atoms with E-state index in [9.17, 15) is 13.2 Å². The van der Waals surface area contributed by atoms with Crippen LogP contribution in [0.1, 0.15) is 19.4 Å². The van der Waals surface area contributed by atoms with Crippen LogP contribution in [0.4, 0.5) is 24.5 Å². The Labute approximate surface area is 120 Å². The molecule has 112 valence electrons. The second kappa shape index (κ2) is 4.26. The third-order valence-corrected chi connectivity index (χ3v) is 3.68. The van der Waals surface area contributed by atoms with E-state index in [-0.39, 0.29) is 10.9 Å². The number of nitrogens with one attached hydrogen (secondary N) is 1. The first-order valence-corrected chi connectivity index (χ1v) is 6.67. The highest BCUT2D eigenvalue weighted by molar-refractivity contribution is 5.93. The minimum atomic E-state index is -4.38. The van der Waals surface area contributed by atoms with E-state index >= 15 is 0 Å². The Bertz CT molecular complexity index is 707. The lowest BCUT2D eigenvalue weighted by atomic mass is 9.98. The number of rotatable bonds is 0. The predicted molar refractivity (Wildman–Crippen MR) is 77.7 cm³/mol. The van der Waals surface area contributed by atoms with Crippen LogP contribution >= 0.6 is 0 Å². The largest absolute Gasteiger partial charge is 0.417 e. The number of anilines is 2. The average molecular weight is 295 g/mol. The first-order valence-electron chi connectivity index (χ1n) is 6.67. The second-order valence-electron chi connectivity index (χ2n) is 6.11. The molecule has 0 unspecified atom stereocenters. The van der Waals surface area contributed by atoms with E-state index in [1.54, 1.807) is 12.1 Å². The number of fused-ring (bicyclic) bond motifs is 2. The van der Waals surface area contributed by atoms with Gasteiger partial charge in [0, 0.05) is 30.7 Å². The topological polar surface area (TPSA) is 28.2 Å². The summed E-state index contributed by atoms with van der Waals surface area (Å²) < 4.78 is 39.3. The van der Waals surface area contributed by atoms with E-state index in [1.807, 2.05) is 11.9 Å². The molecule has 0 radical (unpaired) electrons. The van der Waals surface area contributed by atoms with Crippen LogP contribution in [0.5, 0.6) is 0 Å². The molecule has 3 nitrogen and oxygen atoms in total. The van der Waals surface area contributed by atoms with Gasteiger partial charge in [0.15, 0.2) is 0 Å². The van der Waals surface area contributed by atoms with E-state index in [1.165, 1.54) is 6.20 Å². The highest BCUT2D eigenvalue weighted by Crippen LogP contribution is 2.40. The minimum absolute atomic E-state index is 0.136. The summed E-state index contributed by atoms with van der Waals surface area (Å²) in [7, 11) is 1.89. The van der Waals surface area contributed by atoms with Crippen LogP contribution in [-0.4, -0.2) is 24.1 Å². The molecule has 21 heavy (non-hydrogen) atoms. The third kappa shape index (κ3) is 2.39. The number of aromatic nitrogens is 1. The summed E-state index contributed by atoms with van der Waals surface area (Å²) in [5.41, 5.74) is 1.14. The fraction of sp³-hybridized carbons (Fsp3) is 0.400. The van der Waals surface area contributed by atoms with Crippen molar-refractivity contribution in [1.82, 2.24) is 4.98 Å². The van der Waals surface area contributed by atoms with Crippen molar-refractivity contribution < 1.29 is 13.2 Å². The highest BCUT2D eigenvalue weighted by Gasteiger charge is 2.34. The second-order valence-corrected chi connectivity index (χ2v) is 6.11. The summed E-state index contributed by atoms with van der Waals surface area (Å²) in [4.78, 5) is 6.05. The van der Waals surface area contributed by atoms with Crippen LogP contribution in [0.2, 0.25) is 0 Å². The molecule has 1 N–H and O–H groups in total. The lowest BCUT2D eigenvalue weighted by Gasteiger charge is -2.40. The SMILES string of the molecule is CN1CC(C)(C)Nc2cc3nccc(C(F)(F)F)c3cc21. The summed E-state index contributed by atoms with van der Waals surface area (Å²) in [6.07, 6.45) is -3.18. The van der Waals surface area contributed by atoms with Crippen molar-refractivity contribution in [2.45, 2.75) is 25.6 Å². The van der Waals surface area contributed by atoms with Crippen molar-refractivity contribution in [2.75, 3.05) is 23.8 Å². The van der Waals surface area contributed by atoms with Crippen molar-refractivity contribution in [3.63, 3.8) is 0 Å². The van der Waals surface area contributed by atoms with Crippen molar-refractivity contribution in [3.05, 3.63) is 30.0 Å². The van der Waals surface area contributed by atoms with Crippen LogP contribution < -0.4 is 10.2 Å². The van der Waals surface area contributed by atoms with Gasteiger partial charge in [0.2, 0.25) is 0 Å². The van der Waals surface area contributed by atoms with Crippen LogP contribution in [0.3, 0.4) is 0 Å². The smallest absolute Gasteiger partial charge is 0.377 e. The van der Waals surface area contributed by atoms with Gasteiger partial charge in [0.25, 0.3) is 0 Å². The number of halogens is 3. The minimum Gasteiger partial charge on any atom is -0.377 e. The van der Waals surface area contributed by atoms with Crippen molar-refractivity contribution >= 4 is 22.3 Å². The first-order chi connectivity index (χ1) is 9.67. The molecule has 2 heterocycles. The Kier molecular flexibility index (Phi) is 2.83. The summed E-state index contributed by atoms with van der Waals surface area (Å²) in [5.74, 6) is 0. The molecule has 0 saturated carbocycles. The van der Waals surface area contributed by atoms with Gasteiger partial charge in [-0.1, -0.05) is 0 Å². The van der Waals surface area contributed by atoms with Crippen molar-refractivity contribution in [1.29, 1.82) is 0 Å². The Morgan fingerprint density at radius 2 is 2.00 bits per heavy atom. The normalized spacial score (nSPS) is 17.5. The molecular weight excluding hydrogens is 279 g/mol. The van der Waals surface area contributed by atoms with Crippen LogP contribution in [0.25, 0.3) is 10.9 Å². The summed E-state index contributed by atoms with van der Waals surface area (Å²) in [6.45, 7) is 4.82. The quantitative estimate of drug-likeness (QED) is 0.799. The zero-order chi connectivity index (χ0) is 15.4. The Morgan fingerprint density at radius 3 is 2.67 bits per heavy atom. The predicted octanol–water partition coefficient (Wildman–Crippen LogP) is 3.89. The highest BCUT2D eigenvalue weighted by atomic mass is 19.4. The maximum Gasteiger partial charge on any atom is 0.417 e. The van der Waals surface area contributed by atoms with E-state index < -0.39 is 11.7 Å². The number of benzene rings is 1.